The van der Waals surface area contributed by atoms with Crippen LogP contribution < -0.4 is 0 Å². The van der Waals surface area contributed by atoms with Crippen molar-refractivity contribution in [1.29, 1.82) is 0 Å². The van der Waals surface area contributed by atoms with Gasteiger partial charge in [0.05, 0.1) is 24.0 Å². The Kier molecular flexibility index (Phi) is 5.29. The van der Waals surface area contributed by atoms with Gasteiger partial charge in [-0.2, -0.15) is 0 Å². The summed E-state index contributed by atoms with van der Waals surface area (Å²) in [6.45, 7) is 2.24. The molecule has 1 heterocycles. The first kappa shape index (κ1) is 18.5. The van der Waals surface area contributed by atoms with E-state index in [9.17, 15) is 5.11 Å². The largest absolute Gasteiger partial charge is 0.392 e. The molecular formula is C24H21ClN2O. The van der Waals surface area contributed by atoms with Gasteiger partial charge in [-0.3, -0.25) is 0 Å². The van der Waals surface area contributed by atoms with Gasteiger partial charge >= 0.3 is 0 Å². The van der Waals surface area contributed by atoms with Crippen LogP contribution in [0.4, 0.5) is 0 Å². The van der Waals surface area contributed by atoms with Gasteiger partial charge < -0.3 is 9.67 Å². The predicted molar refractivity (Wildman–Crippen MR) is 115 cm³/mol. The zero-order valence-electron chi connectivity index (χ0n) is 15.6. The molecule has 1 aromatic heterocycles. The standard InChI is InChI=1S/C24H21ClN2O/c1-17(28)16-27-23(19-10-6-3-7-11-19)22(18-8-4-2-5-9-18)26-24(27)20-12-14-21(25)15-13-20/h2-15,17,28H,16H2,1H3/t17-/m0/s1. The SMILES string of the molecule is C[C@H](O)Cn1c(-c2ccc(Cl)cc2)nc(-c2ccccc2)c1-c1ccccc1. The lowest BCUT2D eigenvalue weighted by molar-refractivity contribution is 0.174. The molecule has 0 aliphatic carbocycles. The summed E-state index contributed by atoms with van der Waals surface area (Å²) < 4.78 is 2.10. The topological polar surface area (TPSA) is 38.0 Å². The van der Waals surface area contributed by atoms with Crippen molar-refractivity contribution in [2.45, 2.75) is 19.6 Å². The Morgan fingerprint density at radius 3 is 1.96 bits per heavy atom. The third-order valence-corrected chi connectivity index (χ3v) is 4.86. The third kappa shape index (κ3) is 3.72. The summed E-state index contributed by atoms with van der Waals surface area (Å²) in [5.74, 6) is 0.815. The Morgan fingerprint density at radius 2 is 1.39 bits per heavy atom. The van der Waals surface area contributed by atoms with Gasteiger partial charge in [0.15, 0.2) is 0 Å². The Balaban J connectivity index is 2.01. The van der Waals surface area contributed by atoms with E-state index in [1.807, 2.05) is 60.7 Å². The lowest BCUT2D eigenvalue weighted by Crippen LogP contribution is -2.14. The summed E-state index contributed by atoms with van der Waals surface area (Å²) >= 11 is 6.08. The van der Waals surface area contributed by atoms with E-state index in [-0.39, 0.29) is 0 Å². The molecule has 0 spiro atoms. The van der Waals surface area contributed by atoms with Crippen molar-refractivity contribution in [1.82, 2.24) is 9.55 Å². The molecule has 3 nitrogen and oxygen atoms in total. The van der Waals surface area contributed by atoms with Crippen LogP contribution in [0, 0.1) is 0 Å². The van der Waals surface area contributed by atoms with Crippen molar-refractivity contribution in [3.05, 3.63) is 90.0 Å². The van der Waals surface area contributed by atoms with E-state index in [1.165, 1.54) is 0 Å². The van der Waals surface area contributed by atoms with Crippen LogP contribution in [0.25, 0.3) is 33.9 Å². The van der Waals surface area contributed by atoms with Crippen molar-refractivity contribution in [3.8, 4) is 33.9 Å². The first-order valence-electron chi connectivity index (χ1n) is 9.29. The second kappa shape index (κ2) is 8.01. The maximum atomic E-state index is 10.2. The van der Waals surface area contributed by atoms with Crippen LogP contribution in [0.2, 0.25) is 5.02 Å². The van der Waals surface area contributed by atoms with Gasteiger partial charge in [0.2, 0.25) is 0 Å². The Bertz CT molecular complexity index is 1060. The van der Waals surface area contributed by atoms with Gasteiger partial charge in [-0.15, -0.1) is 0 Å². The summed E-state index contributed by atoms with van der Waals surface area (Å²) in [7, 11) is 0. The van der Waals surface area contributed by atoms with Crippen molar-refractivity contribution < 1.29 is 5.11 Å². The molecule has 4 heteroatoms. The molecule has 0 saturated carbocycles. The fourth-order valence-corrected chi connectivity index (χ4v) is 3.53. The minimum atomic E-state index is -0.508. The number of hydrogen-bond donors (Lipinski definition) is 1. The molecule has 4 rings (SSSR count). The molecule has 0 aliphatic heterocycles. The Hall–Kier alpha value is -2.88. The lowest BCUT2D eigenvalue weighted by Gasteiger charge is -2.15. The van der Waals surface area contributed by atoms with Crippen LogP contribution in [0.5, 0.6) is 0 Å². The summed E-state index contributed by atoms with van der Waals surface area (Å²) in [5, 5.41) is 10.9. The molecule has 0 unspecified atom stereocenters. The molecule has 0 saturated heterocycles. The van der Waals surface area contributed by atoms with E-state index >= 15 is 0 Å². The highest BCUT2D eigenvalue weighted by Gasteiger charge is 2.21. The van der Waals surface area contributed by atoms with Crippen LogP contribution in [-0.2, 0) is 6.54 Å². The molecule has 1 N–H and O–H groups in total. The zero-order chi connectivity index (χ0) is 19.5. The van der Waals surface area contributed by atoms with Crippen LogP contribution >= 0.6 is 11.6 Å². The van der Waals surface area contributed by atoms with E-state index in [1.54, 1.807) is 6.92 Å². The molecular weight excluding hydrogens is 368 g/mol. The van der Waals surface area contributed by atoms with Gasteiger partial charge in [-0.1, -0.05) is 72.3 Å². The average Bonchev–Trinajstić information content (AvgIpc) is 3.08. The van der Waals surface area contributed by atoms with E-state index in [2.05, 4.69) is 28.8 Å². The molecule has 1 atom stereocenters. The monoisotopic (exact) mass is 388 g/mol. The third-order valence-electron chi connectivity index (χ3n) is 4.61. The second-order valence-electron chi connectivity index (χ2n) is 6.83. The molecule has 3 aromatic carbocycles. The van der Waals surface area contributed by atoms with Gasteiger partial charge in [-0.05, 0) is 31.2 Å². The Labute approximate surface area is 169 Å². The normalized spacial score (nSPS) is 12.1. The molecule has 28 heavy (non-hydrogen) atoms. The molecule has 4 aromatic rings. The smallest absolute Gasteiger partial charge is 0.141 e. The summed E-state index contributed by atoms with van der Waals surface area (Å²) in [5.41, 5.74) is 4.97. The van der Waals surface area contributed by atoms with Crippen LogP contribution in [0.3, 0.4) is 0 Å². The second-order valence-corrected chi connectivity index (χ2v) is 7.27. The van der Waals surface area contributed by atoms with E-state index in [4.69, 9.17) is 16.6 Å². The predicted octanol–water partition coefficient (Wildman–Crippen LogP) is 5.92. The summed E-state index contributed by atoms with van der Waals surface area (Å²) in [6.07, 6.45) is -0.508. The number of aliphatic hydroxyl groups is 1. The number of halogens is 1. The quantitative estimate of drug-likeness (QED) is 0.461. The number of aliphatic hydroxyl groups excluding tert-OH is 1. The number of imidazole rings is 1. The van der Waals surface area contributed by atoms with E-state index in [0.717, 1.165) is 33.9 Å². The summed E-state index contributed by atoms with van der Waals surface area (Å²) in [4.78, 5) is 5.02. The van der Waals surface area contributed by atoms with Crippen LogP contribution in [-0.4, -0.2) is 20.8 Å². The molecule has 0 amide bonds. The lowest BCUT2D eigenvalue weighted by atomic mass is 10.0. The molecule has 0 bridgehead atoms. The van der Waals surface area contributed by atoms with Gasteiger partial charge in [0, 0.05) is 21.7 Å². The highest BCUT2D eigenvalue weighted by atomic mass is 35.5. The minimum Gasteiger partial charge on any atom is -0.392 e. The molecule has 140 valence electrons. The first-order valence-corrected chi connectivity index (χ1v) is 9.66. The minimum absolute atomic E-state index is 0.446. The number of hydrogen-bond acceptors (Lipinski definition) is 2. The number of benzene rings is 3. The van der Waals surface area contributed by atoms with E-state index < -0.39 is 6.10 Å². The zero-order valence-corrected chi connectivity index (χ0v) is 16.3. The van der Waals surface area contributed by atoms with Crippen molar-refractivity contribution in [2.75, 3.05) is 0 Å². The molecule has 0 aliphatic rings. The Morgan fingerprint density at radius 1 is 0.821 bits per heavy atom. The van der Waals surface area contributed by atoms with Crippen LogP contribution in [0.1, 0.15) is 6.92 Å². The molecule has 0 fully saturated rings. The van der Waals surface area contributed by atoms with Crippen molar-refractivity contribution in [2.24, 2.45) is 0 Å². The van der Waals surface area contributed by atoms with Crippen molar-refractivity contribution in [3.63, 3.8) is 0 Å². The molecule has 0 radical (unpaired) electrons. The highest BCUT2D eigenvalue weighted by molar-refractivity contribution is 6.30. The highest BCUT2D eigenvalue weighted by Crippen LogP contribution is 2.36. The van der Waals surface area contributed by atoms with Gasteiger partial charge in [0.1, 0.15) is 5.82 Å². The maximum Gasteiger partial charge on any atom is 0.141 e. The van der Waals surface area contributed by atoms with Crippen LogP contribution in [0.15, 0.2) is 84.9 Å². The van der Waals surface area contributed by atoms with E-state index in [0.29, 0.717) is 11.6 Å². The number of aromatic nitrogens is 2. The number of rotatable bonds is 5. The first-order chi connectivity index (χ1) is 13.6. The van der Waals surface area contributed by atoms with Gasteiger partial charge in [-0.25, -0.2) is 4.98 Å². The number of nitrogens with zero attached hydrogens (tertiary/aromatic N) is 2. The fourth-order valence-electron chi connectivity index (χ4n) is 3.40. The maximum absolute atomic E-state index is 10.2. The van der Waals surface area contributed by atoms with Crippen molar-refractivity contribution >= 4 is 11.6 Å². The summed E-state index contributed by atoms with van der Waals surface area (Å²) in [6, 6.07) is 28.0. The average molecular weight is 389 g/mol. The fraction of sp³-hybridized carbons (Fsp3) is 0.125. The van der Waals surface area contributed by atoms with Gasteiger partial charge in [0.25, 0.3) is 0 Å².